The molecule has 166 valence electrons. The maximum atomic E-state index is 13.2. The van der Waals surface area contributed by atoms with Gasteiger partial charge in [0.2, 0.25) is 10.0 Å². The Kier molecular flexibility index (Phi) is 8.73. The maximum Gasteiger partial charge on any atom is 0.261 e. The quantitative estimate of drug-likeness (QED) is 0.496. The van der Waals surface area contributed by atoms with E-state index in [4.69, 9.17) is 11.6 Å². The molecule has 0 unspecified atom stereocenters. The van der Waals surface area contributed by atoms with E-state index in [1.165, 1.54) is 34.6 Å². The molecule has 2 aromatic carbocycles. The van der Waals surface area contributed by atoms with E-state index in [-0.39, 0.29) is 20.5 Å². The first-order valence-corrected chi connectivity index (χ1v) is 13.3. The van der Waals surface area contributed by atoms with Crippen LogP contribution in [-0.2, 0) is 20.0 Å². The lowest BCUT2D eigenvalue weighted by atomic mass is 10.2. The number of rotatable bonds is 11. The van der Waals surface area contributed by atoms with Gasteiger partial charge in [0.15, 0.2) is 0 Å². The first-order chi connectivity index (χ1) is 14.1. The van der Waals surface area contributed by atoms with E-state index in [1.54, 1.807) is 12.1 Å². The normalized spacial score (nSPS) is 12.3. The van der Waals surface area contributed by atoms with Gasteiger partial charge in [-0.2, -0.15) is 4.31 Å². The fourth-order valence-corrected chi connectivity index (χ4v) is 5.67. The van der Waals surface area contributed by atoms with Gasteiger partial charge in [0.05, 0.1) is 20.5 Å². The van der Waals surface area contributed by atoms with E-state index in [9.17, 15) is 16.8 Å². The van der Waals surface area contributed by atoms with Crippen LogP contribution in [0.4, 0.5) is 5.69 Å². The highest BCUT2D eigenvalue weighted by Gasteiger charge is 2.25. The molecule has 6 nitrogen and oxygen atoms in total. The second kappa shape index (κ2) is 10.6. The van der Waals surface area contributed by atoms with Gasteiger partial charge in [0, 0.05) is 13.1 Å². The third-order valence-electron chi connectivity index (χ3n) is 4.67. The summed E-state index contributed by atoms with van der Waals surface area (Å²) in [5.74, 6) is 0. The summed E-state index contributed by atoms with van der Waals surface area (Å²) in [4.78, 5) is 0.0886. The smallest absolute Gasteiger partial charge is 0.261 e. The van der Waals surface area contributed by atoms with Crippen LogP contribution >= 0.6 is 11.6 Å². The Morgan fingerprint density at radius 3 is 1.93 bits per heavy atom. The molecule has 0 heterocycles. The van der Waals surface area contributed by atoms with Crippen molar-refractivity contribution in [1.82, 2.24) is 4.31 Å². The minimum atomic E-state index is -3.91. The number of anilines is 1. The first-order valence-electron chi connectivity index (χ1n) is 10.0. The van der Waals surface area contributed by atoms with Crippen LogP contribution in [-0.4, -0.2) is 34.2 Å². The molecule has 0 saturated carbocycles. The SMILES string of the molecule is CCCCN(CCCC)S(=O)(=O)c1ccc(Cl)c(NS(=O)(=O)c2ccc(C)cc2)c1. The third kappa shape index (κ3) is 6.20. The molecule has 0 radical (unpaired) electrons. The van der Waals surface area contributed by atoms with Gasteiger partial charge in [-0.15, -0.1) is 0 Å². The molecule has 2 aromatic rings. The average Bonchev–Trinajstić information content (AvgIpc) is 2.69. The molecule has 0 fully saturated rings. The fourth-order valence-electron chi connectivity index (χ4n) is 2.83. The Bertz CT molecular complexity index is 1040. The molecule has 0 amide bonds. The number of aryl methyl sites for hydroxylation is 1. The van der Waals surface area contributed by atoms with Crippen molar-refractivity contribution in [3.63, 3.8) is 0 Å². The summed E-state index contributed by atoms with van der Waals surface area (Å²) in [6.45, 7) is 6.71. The van der Waals surface area contributed by atoms with Gasteiger partial charge in [-0.05, 0) is 50.1 Å². The Balaban J connectivity index is 2.38. The Morgan fingerprint density at radius 2 is 1.40 bits per heavy atom. The molecule has 0 aliphatic carbocycles. The van der Waals surface area contributed by atoms with Gasteiger partial charge < -0.3 is 0 Å². The summed E-state index contributed by atoms with van der Waals surface area (Å²) in [7, 11) is -7.68. The second-order valence-electron chi connectivity index (χ2n) is 7.17. The lowest BCUT2D eigenvalue weighted by molar-refractivity contribution is 0.395. The summed E-state index contributed by atoms with van der Waals surface area (Å²) >= 11 is 6.18. The number of benzene rings is 2. The number of halogens is 1. The minimum Gasteiger partial charge on any atom is -0.278 e. The molecule has 2 rings (SSSR count). The molecular weight excluding hydrogens is 444 g/mol. The third-order valence-corrected chi connectivity index (χ3v) is 8.28. The van der Waals surface area contributed by atoms with E-state index in [0.29, 0.717) is 13.1 Å². The van der Waals surface area contributed by atoms with Gasteiger partial charge in [0.1, 0.15) is 0 Å². The Morgan fingerprint density at radius 1 is 0.867 bits per heavy atom. The van der Waals surface area contributed by atoms with Crippen molar-refractivity contribution >= 4 is 37.3 Å². The summed E-state index contributed by atoms with van der Waals surface area (Å²) in [6, 6.07) is 10.5. The van der Waals surface area contributed by atoms with Crippen molar-refractivity contribution in [2.75, 3.05) is 17.8 Å². The summed E-state index contributed by atoms with van der Waals surface area (Å²) in [5, 5.41) is 0.123. The monoisotopic (exact) mass is 472 g/mol. The maximum absolute atomic E-state index is 13.2. The van der Waals surface area contributed by atoms with Crippen LogP contribution in [0.1, 0.15) is 45.1 Å². The Hall–Kier alpha value is -1.61. The van der Waals surface area contributed by atoms with Crippen LogP contribution in [0.5, 0.6) is 0 Å². The van der Waals surface area contributed by atoms with Crippen LogP contribution in [0.3, 0.4) is 0 Å². The standard InChI is InChI=1S/C21H29ClN2O4S2/c1-4-6-14-24(15-7-5-2)30(27,28)19-12-13-20(22)21(16-19)23-29(25,26)18-10-8-17(3)9-11-18/h8-13,16,23H,4-7,14-15H2,1-3H3. The molecule has 0 aliphatic heterocycles. The summed E-state index contributed by atoms with van der Waals surface area (Å²) in [6.07, 6.45) is 3.26. The molecular formula is C21H29ClN2O4S2. The van der Waals surface area contributed by atoms with Crippen LogP contribution in [0.25, 0.3) is 0 Å². The van der Waals surface area contributed by atoms with Crippen LogP contribution < -0.4 is 4.72 Å². The van der Waals surface area contributed by atoms with Crippen molar-refractivity contribution in [2.24, 2.45) is 0 Å². The van der Waals surface area contributed by atoms with Gasteiger partial charge in [0.25, 0.3) is 10.0 Å². The van der Waals surface area contributed by atoms with Gasteiger partial charge >= 0.3 is 0 Å². The van der Waals surface area contributed by atoms with E-state index < -0.39 is 20.0 Å². The highest BCUT2D eigenvalue weighted by molar-refractivity contribution is 7.92. The molecule has 0 aromatic heterocycles. The number of nitrogens with zero attached hydrogens (tertiary/aromatic N) is 1. The molecule has 0 bridgehead atoms. The summed E-state index contributed by atoms with van der Waals surface area (Å²) < 4.78 is 55.7. The van der Waals surface area contributed by atoms with Crippen molar-refractivity contribution in [1.29, 1.82) is 0 Å². The topological polar surface area (TPSA) is 83.6 Å². The predicted molar refractivity (Wildman–Crippen MR) is 122 cm³/mol. The van der Waals surface area contributed by atoms with Crippen LogP contribution in [0, 0.1) is 6.92 Å². The molecule has 30 heavy (non-hydrogen) atoms. The number of hydrogen-bond donors (Lipinski definition) is 1. The van der Waals surface area contributed by atoms with Gasteiger partial charge in [-0.1, -0.05) is 56.0 Å². The number of sulfonamides is 2. The van der Waals surface area contributed by atoms with Crippen molar-refractivity contribution in [3.8, 4) is 0 Å². The molecule has 9 heteroatoms. The number of nitrogens with one attached hydrogen (secondary N) is 1. The number of hydrogen-bond acceptors (Lipinski definition) is 4. The first kappa shape index (κ1) is 24.7. The van der Waals surface area contributed by atoms with Crippen molar-refractivity contribution in [2.45, 2.75) is 56.2 Å². The molecule has 0 saturated heterocycles. The highest BCUT2D eigenvalue weighted by atomic mass is 35.5. The second-order valence-corrected chi connectivity index (χ2v) is 11.2. The largest absolute Gasteiger partial charge is 0.278 e. The average molecular weight is 473 g/mol. The van der Waals surface area contributed by atoms with Gasteiger partial charge in [-0.3, -0.25) is 4.72 Å². The zero-order valence-electron chi connectivity index (χ0n) is 17.6. The zero-order chi connectivity index (χ0) is 22.4. The number of unbranched alkanes of at least 4 members (excludes halogenated alkanes) is 2. The lowest BCUT2D eigenvalue weighted by Crippen LogP contribution is -2.33. The molecule has 1 N–H and O–H groups in total. The minimum absolute atomic E-state index is 0.0145. The molecule has 0 spiro atoms. The van der Waals surface area contributed by atoms with E-state index >= 15 is 0 Å². The lowest BCUT2D eigenvalue weighted by Gasteiger charge is -2.22. The van der Waals surface area contributed by atoms with Crippen molar-refractivity contribution in [3.05, 3.63) is 53.1 Å². The molecule has 0 aliphatic rings. The van der Waals surface area contributed by atoms with Crippen molar-refractivity contribution < 1.29 is 16.8 Å². The van der Waals surface area contributed by atoms with Gasteiger partial charge in [-0.25, -0.2) is 16.8 Å². The Labute approximate surface area is 185 Å². The van der Waals surface area contributed by atoms with Crippen LogP contribution in [0.15, 0.2) is 52.3 Å². The predicted octanol–water partition coefficient (Wildman–Crippen LogP) is 5.04. The van der Waals surface area contributed by atoms with E-state index in [2.05, 4.69) is 4.72 Å². The molecule has 0 atom stereocenters. The summed E-state index contributed by atoms with van der Waals surface area (Å²) in [5.41, 5.74) is 0.962. The van der Waals surface area contributed by atoms with Crippen LogP contribution in [0.2, 0.25) is 5.02 Å². The van der Waals surface area contributed by atoms with E-state index in [1.807, 2.05) is 20.8 Å². The highest BCUT2D eigenvalue weighted by Crippen LogP contribution is 2.29. The fraction of sp³-hybridized carbons (Fsp3) is 0.429. The zero-order valence-corrected chi connectivity index (χ0v) is 19.9. The van der Waals surface area contributed by atoms with E-state index in [0.717, 1.165) is 31.2 Å².